The number of ether oxygens (including phenoxy) is 2. The predicted octanol–water partition coefficient (Wildman–Crippen LogP) is 0.484. The van der Waals surface area contributed by atoms with Crippen LogP contribution in [-0.4, -0.2) is 56.5 Å². The van der Waals surface area contributed by atoms with Gasteiger partial charge in [-0.2, -0.15) is 21.6 Å². The van der Waals surface area contributed by atoms with Crippen LogP contribution in [0.3, 0.4) is 0 Å². The van der Waals surface area contributed by atoms with Crippen molar-refractivity contribution < 1.29 is 45.1 Å². The number of aliphatic hydroxyl groups is 1. The third-order valence-corrected chi connectivity index (χ3v) is 4.45. The maximum atomic E-state index is 12.5. The van der Waals surface area contributed by atoms with E-state index >= 15 is 0 Å². The fourth-order valence-corrected chi connectivity index (χ4v) is 2.58. The summed E-state index contributed by atoms with van der Waals surface area (Å²) < 4.78 is 73.6. The molecule has 25 heavy (non-hydrogen) atoms. The summed E-state index contributed by atoms with van der Waals surface area (Å²) in [6.45, 7) is -0.316. The van der Waals surface area contributed by atoms with Gasteiger partial charge in [0.05, 0.1) is 25.5 Å². The molecule has 2 fully saturated rings. The second kappa shape index (κ2) is 5.71. The molecular formula is C12H11F3N2O7S. The quantitative estimate of drug-likeness (QED) is 0.589. The van der Waals surface area contributed by atoms with Crippen LogP contribution >= 0.6 is 0 Å². The average Bonchev–Trinajstić information content (AvgIpc) is 2.89. The zero-order valence-electron chi connectivity index (χ0n) is 12.3. The van der Waals surface area contributed by atoms with Crippen molar-refractivity contribution in [1.29, 1.82) is 0 Å². The molecule has 1 aromatic heterocycles. The molecule has 0 unspecified atom stereocenters. The summed E-state index contributed by atoms with van der Waals surface area (Å²) in [6, 6.07) is 1.68. The molecule has 0 spiro atoms. The van der Waals surface area contributed by atoms with Crippen LogP contribution in [0, 0.1) is 0 Å². The number of halogens is 3. The van der Waals surface area contributed by atoms with E-state index in [1.54, 1.807) is 0 Å². The molecule has 1 N–H and O–H groups in total. The Balaban J connectivity index is 2.02. The van der Waals surface area contributed by atoms with Gasteiger partial charge in [0.25, 0.3) is 0 Å². The molecule has 2 aliphatic rings. The fraction of sp³-hybridized carbons (Fsp3) is 0.500. The molecule has 0 saturated carbocycles. The number of rotatable bonds is 4. The normalized spacial score (nSPS) is 20.2. The van der Waals surface area contributed by atoms with Crippen LogP contribution in [0.5, 0.6) is 5.75 Å². The summed E-state index contributed by atoms with van der Waals surface area (Å²) in [5.41, 5.74) is -7.46. The van der Waals surface area contributed by atoms with E-state index in [0.29, 0.717) is 0 Å². The number of nitrogens with zero attached hydrogens (tertiary/aromatic N) is 2. The number of aromatic nitrogens is 1. The smallest absolute Gasteiger partial charge is 0.447 e. The van der Waals surface area contributed by atoms with E-state index in [-0.39, 0.29) is 37.9 Å². The molecule has 13 heteroatoms. The van der Waals surface area contributed by atoms with Crippen LogP contribution in [0.2, 0.25) is 0 Å². The lowest BCUT2D eigenvalue weighted by atomic mass is 9.97. The molecule has 0 bridgehead atoms. The molecule has 1 aromatic rings. The number of pyridine rings is 1. The van der Waals surface area contributed by atoms with Gasteiger partial charge < -0.3 is 18.8 Å². The number of hydrogen-bond donors (Lipinski definition) is 1. The first-order chi connectivity index (χ1) is 11.5. The SMILES string of the molecule is O=C1OCCN1c1cc(OS(=O)(=O)C(F)(F)F)cc(C2(O)COC2)n1. The zero-order valence-corrected chi connectivity index (χ0v) is 13.1. The topological polar surface area (TPSA) is 115 Å². The van der Waals surface area contributed by atoms with Gasteiger partial charge >= 0.3 is 21.7 Å². The molecule has 9 nitrogen and oxygen atoms in total. The van der Waals surface area contributed by atoms with E-state index in [1.807, 2.05) is 0 Å². The van der Waals surface area contributed by atoms with Crippen LogP contribution in [-0.2, 0) is 25.2 Å². The average molecular weight is 384 g/mol. The Labute approximate surface area is 139 Å². The van der Waals surface area contributed by atoms with E-state index in [0.717, 1.165) is 17.0 Å². The summed E-state index contributed by atoms with van der Waals surface area (Å²) >= 11 is 0. The van der Waals surface area contributed by atoms with Crippen LogP contribution in [0.4, 0.5) is 23.8 Å². The summed E-state index contributed by atoms with van der Waals surface area (Å²) in [4.78, 5) is 16.6. The van der Waals surface area contributed by atoms with Gasteiger partial charge in [-0.1, -0.05) is 0 Å². The van der Waals surface area contributed by atoms with Gasteiger partial charge in [-0.3, -0.25) is 4.90 Å². The third kappa shape index (κ3) is 3.21. The van der Waals surface area contributed by atoms with Crippen molar-refractivity contribution in [2.45, 2.75) is 11.1 Å². The monoisotopic (exact) mass is 384 g/mol. The van der Waals surface area contributed by atoms with Crippen molar-refractivity contribution >= 4 is 22.0 Å². The van der Waals surface area contributed by atoms with Crippen molar-refractivity contribution in [3.63, 3.8) is 0 Å². The predicted molar refractivity (Wildman–Crippen MR) is 73.2 cm³/mol. The Bertz CT molecular complexity index is 807. The van der Waals surface area contributed by atoms with E-state index in [1.165, 1.54) is 0 Å². The van der Waals surface area contributed by atoms with Gasteiger partial charge in [-0.15, -0.1) is 0 Å². The van der Waals surface area contributed by atoms with Crippen molar-refractivity contribution in [2.75, 3.05) is 31.3 Å². The maximum absolute atomic E-state index is 12.5. The standard InChI is InChI=1S/C12H11F3N2O7S/c13-12(14,15)25(20,21)24-7-3-8(11(19)5-22-6-11)16-9(4-7)17-1-2-23-10(17)18/h3-4,19H,1-2,5-6H2. The maximum Gasteiger partial charge on any atom is 0.534 e. The summed E-state index contributed by atoms with van der Waals surface area (Å²) in [6.07, 6.45) is -0.814. The van der Waals surface area contributed by atoms with Gasteiger partial charge in [0.1, 0.15) is 18.2 Å². The fourth-order valence-electron chi connectivity index (χ4n) is 2.14. The second-order valence-corrected chi connectivity index (χ2v) is 6.86. The van der Waals surface area contributed by atoms with Gasteiger partial charge in [0.2, 0.25) is 0 Å². The molecule has 0 aliphatic carbocycles. The minimum Gasteiger partial charge on any atom is -0.447 e. The lowest BCUT2D eigenvalue weighted by Crippen LogP contribution is -2.47. The molecule has 0 aromatic carbocycles. The number of alkyl halides is 3. The highest BCUT2D eigenvalue weighted by molar-refractivity contribution is 7.88. The van der Waals surface area contributed by atoms with Gasteiger partial charge in [0.15, 0.2) is 5.60 Å². The molecule has 3 heterocycles. The van der Waals surface area contributed by atoms with E-state index in [9.17, 15) is 31.5 Å². The third-order valence-electron chi connectivity index (χ3n) is 3.47. The minimum atomic E-state index is -5.93. The first kappa shape index (κ1) is 17.7. The number of anilines is 1. The first-order valence-electron chi connectivity index (χ1n) is 6.80. The number of carbonyl (C=O) groups excluding carboxylic acids is 1. The number of hydrogen-bond acceptors (Lipinski definition) is 8. The van der Waals surface area contributed by atoms with Crippen LogP contribution in [0.25, 0.3) is 0 Å². The van der Waals surface area contributed by atoms with E-state index in [2.05, 4.69) is 9.17 Å². The Morgan fingerprint density at radius 3 is 2.48 bits per heavy atom. The lowest BCUT2D eigenvalue weighted by molar-refractivity contribution is -0.186. The van der Waals surface area contributed by atoms with Gasteiger partial charge in [-0.25, -0.2) is 9.78 Å². The van der Waals surface area contributed by atoms with Crippen molar-refractivity contribution in [3.8, 4) is 5.75 Å². The molecular weight excluding hydrogens is 373 g/mol. The highest BCUT2D eigenvalue weighted by atomic mass is 32.2. The van der Waals surface area contributed by atoms with Crippen LogP contribution < -0.4 is 9.08 Å². The summed E-state index contributed by atoms with van der Waals surface area (Å²) in [5, 5.41) is 10.2. The summed E-state index contributed by atoms with van der Waals surface area (Å²) in [5.74, 6) is -0.968. The lowest BCUT2D eigenvalue weighted by Gasteiger charge is -2.36. The Morgan fingerprint density at radius 2 is 2.00 bits per heavy atom. The number of amides is 1. The Kier molecular flexibility index (Phi) is 4.04. The summed E-state index contributed by atoms with van der Waals surface area (Å²) in [7, 11) is -5.93. The van der Waals surface area contributed by atoms with Crippen molar-refractivity contribution in [2.24, 2.45) is 0 Å². The zero-order chi connectivity index (χ0) is 18.5. The second-order valence-electron chi connectivity index (χ2n) is 5.32. The molecule has 0 atom stereocenters. The van der Waals surface area contributed by atoms with Crippen molar-refractivity contribution in [3.05, 3.63) is 17.8 Å². The molecule has 2 saturated heterocycles. The van der Waals surface area contributed by atoms with E-state index < -0.39 is 33.1 Å². The highest BCUT2D eigenvalue weighted by Gasteiger charge is 2.49. The largest absolute Gasteiger partial charge is 0.534 e. The first-order valence-corrected chi connectivity index (χ1v) is 8.20. The molecule has 2 aliphatic heterocycles. The van der Waals surface area contributed by atoms with Crippen LogP contribution in [0.1, 0.15) is 5.69 Å². The highest BCUT2D eigenvalue weighted by Crippen LogP contribution is 2.35. The van der Waals surface area contributed by atoms with Gasteiger partial charge in [-0.05, 0) is 0 Å². The number of carbonyl (C=O) groups is 1. The van der Waals surface area contributed by atoms with Gasteiger partial charge in [0, 0.05) is 12.1 Å². The molecule has 0 radical (unpaired) electrons. The Morgan fingerprint density at radius 1 is 1.32 bits per heavy atom. The van der Waals surface area contributed by atoms with Crippen molar-refractivity contribution in [1.82, 2.24) is 4.98 Å². The molecule has 138 valence electrons. The number of cyclic esters (lactones) is 1. The Hall–Kier alpha value is -2.12. The minimum absolute atomic E-state index is 0.0230. The van der Waals surface area contributed by atoms with E-state index in [4.69, 9.17) is 9.47 Å². The molecule has 3 rings (SSSR count). The van der Waals surface area contributed by atoms with Crippen LogP contribution in [0.15, 0.2) is 12.1 Å². The molecule has 1 amide bonds.